The minimum Gasteiger partial charge on any atom is -0.394 e. The number of piperidine rings is 1. The molecule has 1 atom stereocenters. The van der Waals surface area contributed by atoms with Gasteiger partial charge in [-0.25, -0.2) is 4.39 Å². The van der Waals surface area contributed by atoms with E-state index in [-0.39, 0.29) is 28.6 Å². The van der Waals surface area contributed by atoms with Gasteiger partial charge in [0.15, 0.2) is 0 Å². The summed E-state index contributed by atoms with van der Waals surface area (Å²) in [6.45, 7) is 0.511. The Morgan fingerprint density at radius 1 is 1.50 bits per heavy atom. The molecule has 1 aliphatic rings. The van der Waals surface area contributed by atoms with E-state index in [1.807, 2.05) is 0 Å². The van der Waals surface area contributed by atoms with E-state index in [9.17, 15) is 14.3 Å². The van der Waals surface area contributed by atoms with E-state index in [2.05, 4.69) is 15.9 Å². The third kappa shape index (κ3) is 2.57. The monoisotopic (exact) mass is 315 g/mol. The summed E-state index contributed by atoms with van der Waals surface area (Å²) in [4.78, 5) is 13.9. The number of aliphatic hydroxyl groups excluding tert-OH is 1. The zero-order valence-corrected chi connectivity index (χ0v) is 11.5. The first kappa shape index (κ1) is 13.5. The van der Waals surface area contributed by atoms with Gasteiger partial charge < -0.3 is 10.0 Å². The molecule has 1 fully saturated rings. The van der Waals surface area contributed by atoms with E-state index in [1.54, 1.807) is 17.0 Å². The van der Waals surface area contributed by atoms with Crippen LogP contribution in [0.1, 0.15) is 29.6 Å². The lowest BCUT2D eigenvalue weighted by Crippen LogP contribution is -2.45. The van der Waals surface area contributed by atoms with E-state index in [4.69, 9.17) is 0 Å². The van der Waals surface area contributed by atoms with Crippen LogP contribution in [0.25, 0.3) is 0 Å². The predicted molar refractivity (Wildman–Crippen MR) is 69.9 cm³/mol. The first-order valence-electron chi connectivity index (χ1n) is 6.01. The summed E-state index contributed by atoms with van der Waals surface area (Å²) in [5.74, 6) is -0.877. The van der Waals surface area contributed by atoms with E-state index in [0.717, 1.165) is 19.3 Å². The van der Waals surface area contributed by atoms with Gasteiger partial charge in [0.05, 0.1) is 22.7 Å². The van der Waals surface area contributed by atoms with Crippen molar-refractivity contribution in [3.63, 3.8) is 0 Å². The van der Waals surface area contributed by atoms with Crippen molar-refractivity contribution < 1.29 is 14.3 Å². The summed E-state index contributed by atoms with van der Waals surface area (Å²) >= 11 is 3.08. The SMILES string of the molecule is O=C(c1cccc(Br)c1F)N1CCCCC1CO. The molecule has 0 bridgehead atoms. The first-order chi connectivity index (χ1) is 8.65. The van der Waals surface area contributed by atoms with Crippen molar-refractivity contribution in [3.8, 4) is 0 Å². The molecular weight excluding hydrogens is 301 g/mol. The van der Waals surface area contributed by atoms with Crippen molar-refractivity contribution >= 4 is 21.8 Å². The molecule has 1 N–H and O–H groups in total. The second-order valence-corrected chi connectivity index (χ2v) is 5.29. The highest BCUT2D eigenvalue weighted by Crippen LogP contribution is 2.23. The van der Waals surface area contributed by atoms with Gasteiger partial charge in [-0.1, -0.05) is 6.07 Å². The van der Waals surface area contributed by atoms with Crippen LogP contribution in [0.5, 0.6) is 0 Å². The van der Waals surface area contributed by atoms with Gasteiger partial charge in [0.25, 0.3) is 5.91 Å². The zero-order valence-electron chi connectivity index (χ0n) is 9.90. The lowest BCUT2D eigenvalue weighted by molar-refractivity contribution is 0.0498. The van der Waals surface area contributed by atoms with Crippen LogP contribution in [0.3, 0.4) is 0 Å². The lowest BCUT2D eigenvalue weighted by atomic mass is 10.0. The van der Waals surface area contributed by atoms with Gasteiger partial charge >= 0.3 is 0 Å². The summed E-state index contributed by atoms with van der Waals surface area (Å²) in [6.07, 6.45) is 2.67. The molecule has 3 nitrogen and oxygen atoms in total. The number of nitrogens with zero attached hydrogens (tertiary/aromatic N) is 1. The van der Waals surface area contributed by atoms with Crippen LogP contribution < -0.4 is 0 Å². The maximum absolute atomic E-state index is 13.9. The topological polar surface area (TPSA) is 40.5 Å². The number of aliphatic hydroxyl groups is 1. The summed E-state index contributed by atoms with van der Waals surface area (Å²) in [7, 11) is 0. The van der Waals surface area contributed by atoms with Crippen molar-refractivity contribution in [3.05, 3.63) is 34.1 Å². The molecular formula is C13H15BrFNO2. The minimum atomic E-state index is -0.537. The largest absolute Gasteiger partial charge is 0.394 e. The van der Waals surface area contributed by atoms with E-state index >= 15 is 0 Å². The minimum absolute atomic E-state index is 0.0599. The predicted octanol–water partition coefficient (Wildman–Crippen LogP) is 2.58. The van der Waals surface area contributed by atoms with Crippen LogP contribution >= 0.6 is 15.9 Å². The van der Waals surface area contributed by atoms with Crippen molar-refractivity contribution in [2.24, 2.45) is 0 Å². The molecule has 0 saturated carbocycles. The molecule has 0 radical (unpaired) electrons. The molecule has 1 saturated heterocycles. The van der Waals surface area contributed by atoms with Gasteiger partial charge in [-0.05, 0) is 47.3 Å². The molecule has 5 heteroatoms. The van der Waals surface area contributed by atoms with Gasteiger partial charge in [-0.3, -0.25) is 4.79 Å². The standard InChI is InChI=1S/C13H15BrFNO2/c14-11-6-3-5-10(12(11)15)13(18)16-7-2-1-4-9(16)8-17/h3,5-6,9,17H,1-2,4,7-8H2. The maximum Gasteiger partial charge on any atom is 0.257 e. The Hall–Kier alpha value is -0.940. The summed E-state index contributed by atoms with van der Waals surface area (Å²) in [5, 5.41) is 9.28. The average Bonchev–Trinajstić information content (AvgIpc) is 2.41. The van der Waals surface area contributed by atoms with Crippen molar-refractivity contribution in [2.75, 3.05) is 13.2 Å². The third-order valence-corrected chi connectivity index (χ3v) is 3.89. The van der Waals surface area contributed by atoms with E-state index < -0.39 is 5.82 Å². The Labute approximate surface area is 114 Å². The molecule has 0 aliphatic carbocycles. The number of amides is 1. The quantitative estimate of drug-likeness (QED) is 0.911. The lowest BCUT2D eigenvalue weighted by Gasteiger charge is -2.34. The van der Waals surface area contributed by atoms with E-state index in [0.29, 0.717) is 6.54 Å². The smallest absolute Gasteiger partial charge is 0.257 e. The Kier molecular flexibility index (Phi) is 4.35. The van der Waals surface area contributed by atoms with Crippen molar-refractivity contribution in [1.82, 2.24) is 4.90 Å². The second kappa shape index (κ2) is 5.80. The number of halogens is 2. The fraction of sp³-hybridized carbons (Fsp3) is 0.462. The number of carbonyl (C=O) groups excluding carboxylic acids is 1. The van der Waals surface area contributed by atoms with Crippen LogP contribution in [0.2, 0.25) is 0 Å². The second-order valence-electron chi connectivity index (χ2n) is 4.43. The highest BCUT2D eigenvalue weighted by molar-refractivity contribution is 9.10. The average molecular weight is 316 g/mol. The van der Waals surface area contributed by atoms with Gasteiger partial charge in [-0.15, -0.1) is 0 Å². The van der Waals surface area contributed by atoms with Gasteiger partial charge in [-0.2, -0.15) is 0 Å². The Bertz CT molecular complexity index is 453. The normalized spacial score (nSPS) is 19.9. The number of carbonyl (C=O) groups is 1. The van der Waals surface area contributed by atoms with Crippen LogP contribution in [0, 0.1) is 5.82 Å². The van der Waals surface area contributed by atoms with Crippen molar-refractivity contribution in [2.45, 2.75) is 25.3 Å². The van der Waals surface area contributed by atoms with Gasteiger partial charge in [0, 0.05) is 6.54 Å². The number of likely N-dealkylation sites (tertiary alicyclic amines) is 1. The molecule has 1 aromatic rings. The molecule has 1 amide bonds. The molecule has 1 aromatic carbocycles. The molecule has 0 aromatic heterocycles. The number of benzene rings is 1. The maximum atomic E-state index is 13.9. The Morgan fingerprint density at radius 3 is 3.00 bits per heavy atom. The third-order valence-electron chi connectivity index (χ3n) is 3.28. The van der Waals surface area contributed by atoms with Gasteiger partial charge in [0.2, 0.25) is 0 Å². The molecule has 98 valence electrons. The fourth-order valence-corrected chi connectivity index (χ4v) is 2.65. The molecule has 0 spiro atoms. The molecule has 1 heterocycles. The molecule has 1 aliphatic heterocycles. The highest BCUT2D eigenvalue weighted by Gasteiger charge is 2.28. The van der Waals surface area contributed by atoms with Crippen LogP contribution in [0.15, 0.2) is 22.7 Å². The molecule has 2 rings (SSSR count). The Morgan fingerprint density at radius 2 is 2.28 bits per heavy atom. The zero-order chi connectivity index (χ0) is 13.1. The summed E-state index contributed by atoms with van der Waals surface area (Å²) in [6, 6.07) is 4.49. The van der Waals surface area contributed by atoms with E-state index in [1.165, 1.54) is 6.07 Å². The fourth-order valence-electron chi connectivity index (χ4n) is 2.28. The number of rotatable bonds is 2. The highest BCUT2D eigenvalue weighted by atomic mass is 79.9. The van der Waals surface area contributed by atoms with Crippen LogP contribution in [-0.4, -0.2) is 35.1 Å². The number of hydrogen-bond donors (Lipinski definition) is 1. The molecule has 1 unspecified atom stereocenters. The first-order valence-corrected chi connectivity index (χ1v) is 6.80. The van der Waals surface area contributed by atoms with Crippen LogP contribution in [-0.2, 0) is 0 Å². The molecule has 18 heavy (non-hydrogen) atoms. The number of hydrogen-bond acceptors (Lipinski definition) is 2. The summed E-state index contributed by atoms with van der Waals surface area (Å²) in [5.41, 5.74) is 0.0599. The Balaban J connectivity index is 2.27. The van der Waals surface area contributed by atoms with Crippen molar-refractivity contribution in [1.29, 1.82) is 0 Å². The summed E-state index contributed by atoms with van der Waals surface area (Å²) < 4.78 is 14.2. The van der Waals surface area contributed by atoms with Gasteiger partial charge in [0.1, 0.15) is 5.82 Å². The van der Waals surface area contributed by atoms with Crippen LogP contribution in [0.4, 0.5) is 4.39 Å².